The van der Waals surface area contributed by atoms with E-state index < -0.39 is 4.92 Å². The molecule has 0 atom stereocenters. The van der Waals surface area contributed by atoms with Crippen LogP contribution in [0.5, 0.6) is 11.5 Å². The molecule has 0 aliphatic carbocycles. The molecule has 0 aliphatic heterocycles. The highest BCUT2D eigenvalue weighted by atomic mass is 79.9. The van der Waals surface area contributed by atoms with Crippen LogP contribution in [0, 0.1) is 10.1 Å². The first-order valence-corrected chi connectivity index (χ1v) is 6.85. The quantitative estimate of drug-likeness (QED) is 0.633. The number of methoxy groups -OCH3 is 1. The average Bonchev–Trinajstić information content (AvgIpc) is 2.47. The molecule has 0 unspecified atom stereocenters. The third-order valence-electron chi connectivity index (χ3n) is 2.93. The Bertz CT molecular complexity index is 676. The van der Waals surface area contributed by atoms with Gasteiger partial charge in [-0.1, -0.05) is 12.1 Å². The number of para-hydroxylation sites is 1. The minimum Gasteiger partial charge on any atom is -0.504 e. The molecule has 110 valence electrons. The molecule has 2 N–H and O–H groups in total. The lowest BCUT2D eigenvalue weighted by Crippen LogP contribution is -2.01. The summed E-state index contributed by atoms with van der Waals surface area (Å²) in [4.78, 5) is 10.4. The highest BCUT2D eigenvalue weighted by molar-refractivity contribution is 9.10. The number of nitro benzene ring substituents is 1. The summed E-state index contributed by atoms with van der Waals surface area (Å²) in [6, 6.07) is 9.92. The predicted molar refractivity (Wildman–Crippen MR) is 82.8 cm³/mol. The van der Waals surface area contributed by atoms with Crippen LogP contribution in [0.15, 0.2) is 40.9 Å². The Morgan fingerprint density at radius 1 is 1.38 bits per heavy atom. The molecule has 0 aromatic heterocycles. The molecule has 0 radical (unpaired) electrons. The van der Waals surface area contributed by atoms with Gasteiger partial charge in [-0.05, 0) is 34.1 Å². The maximum Gasteiger partial charge on any atom is 0.285 e. The molecule has 7 heteroatoms. The SMILES string of the molecule is COc1cccc(CNc2ccc(Br)c([N+](=O)[O-])c2)c1O. The van der Waals surface area contributed by atoms with Gasteiger partial charge in [0.05, 0.1) is 16.5 Å². The maximum atomic E-state index is 10.9. The molecule has 0 spiro atoms. The van der Waals surface area contributed by atoms with Gasteiger partial charge in [-0.15, -0.1) is 0 Å². The summed E-state index contributed by atoms with van der Waals surface area (Å²) < 4.78 is 5.45. The van der Waals surface area contributed by atoms with Gasteiger partial charge in [-0.2, -0.15) is 0 Å². The van der Waals surface area contributed by atoms with Crippen molar-refractivity contribution in [3.63, 3.8) is 0 Å². The molecular weight excluding hydrogens is 340 g/mol. The number of nitro groups is 1. The van der Waals surface area contributed by atoms with Gasteiger partial charge >= 0.3 is 0 Å². The maximum absolute atomic E-state index is 10.9. The normalized spacial score (nSPS) is 10.2. The van der Waals surface area contributed by atoms with Crippen molar-refractivity contribution in [3.8, 4) is 11.5 Å². The van der Waals surface area contributed by atoms with Crippen LogP contribution in [0.4, 0.5) is 11.4 Å². The van der Waals surface area contributed by atoms with E-state index in [4.69, 9.17) is 4.74 Å². The standard InChI is InChI=1S/C14H13BrN2O4/c1-21-13-4-2-3-9(14(13)18)8-16-10-5-6-11(15)12(7-10)17(19)20/h2-7,16,18H,8H2,1H3. The van der Waals surface area contributed by atoms with E-state index in [0.717, 1.165) is 0 Å². The van der Waals surface area contributed by atoms with E-state index in [0.29, 0.717) is 28.0 Å². The fourth-order valence-electron chi connectivity index (χ4n) is 1.83. The van der Waals surface area contributed by atoms with Crippen LogP contribution < -0.4 is 10.1 Å². The summed E-state index contributed by atoms with van der Waals surface area (Å²) in [5.41, 5.74) is 1.21. The van der Waals surface area contributed by atoms with E-state index in [2.05, 4.69) is 21.2 Å². The molecule has 0 heterocycles. The zero-order chi connectivity index (χ0) is 15.4. The van der Waals surface area contributed by atoms with Gasteiger partial charge in [0, 0.05) is 23.9 Å². The predicted octanol–water partition coefficient (Wildman–Crippen LogP) is 3.68. The van der Waals surface area contributed by atoms with E-state index in [1.807, 2.05) is 0 Å². The number of nitrogens with one attached hydrogen (secondary N) is 1. The third kappa shape index (κ3) is 3.43. The first-order chi connectivity index (χ1) is 10.0. The van der Waals surface area contributed by atoms with E-state index in [1.54, 1.807) is 30.3 Å². The fourth-order valence-corrected chi connectivity index (χ4v) is 2.23. The Kier molecular flexibility index (Phi) is 4.64. The lowest BCUT2D eigenvalue weighted by molar-refractivity contribution is -0.385. The van der Waals surface area contributed by atoms with Crippen LogP contribution >= 0.6 is 15.9 Å². The van der Waals surface area contributed by atoms with Gasteiger partial charge in [-0.3, -0.25) is 10.1 Å². The van der Waals surface area contributed by atoms with Crippen molar-refractivity contribution in [3.05, 3.63) is 56.5 Å². The lowest BCUT2D eigenvalue weighted by Gasteiger charge is -2.10. The second kappa shape index (κ2) is 6.45. The lowest BCUT2D eigenvalue weighted by atomic mass is 10.1. The number of phenolic OH excluding ortho intramolecular Hbond substituents is 1. The van der Waals surface area contributed by atoms with Gasteiger partial charge in [0.25, 0.3) is 5.69 Å². The zero-order valence-corrected chi connectivity index (χ0v) is 12.8. The number of anilines is 1. The molecule has 2 rings (SSSR count). The Balaban J connectivity index is 2.17. The zero-order valence-electron chi connectivity index (χ0n) is 11.2. The van der Waals surface area contributed by atoms with E-state index in [9.17, 15) is 15.2 Å². The van der Waals surface area contributed by atoms with Gasteiger partial charge in [0.1, 0.15) is 0 Å². The van der Waals surface area contributed by atoms with E-state index >= 15 is 0 Å². The molecule has 0 fully saturated rings. The van der Waals surface area contributed by atoms with Gasteiger partial charge in [0.2, 0.25) is 0 Å². The van der Waals surface area contributed by atoms with Crippen LogP contribution in [-0.2, 0) is 6.54 Å². The smallest absolute Gasteiger partial charge is 0.285 e. The number of aromatic hydroxyl groups is 1. The topological polar surface area (TPSA) is 84.6 Å². The second-order valence-corrected chi connectivity index (χ2v) is 5.10. The molecule has 0 bridgehead atoms. The third-order valence-corrected chi connectivity index (χ3v) is 3.60. The summed E-state index contributed by atoms with van der Waals surface area (Å²) in [6.45, 7) is 0.321. The first-order valence-electron chi connectivity index (χ1n) is 6.05. The monoisotopic (exact) mass is 352 g/mol. The molecule has 0 saturated carbocycles. The summed E-state index contributed by atoms with van der Waals surface area (Å²) >= 11 is 3.13. The Morgan fingerprint density at radius 2 is 2.14 bits per heavy atom. The first kappa shape index (κ1) is 15.1. The second-order valence-electron chi connectivity index (χ2n) is 4.24. The van der Waals surface area contributed by atoms with Crippen molar-refractivity contribution in [2.24, 2.45) is 0 Å². The minimum absolute atomic E-state index is 0.0186. The minimum atomic E-state index is -0.460. The Hall–Kier alpha value is -2.28. The van der Waals surface area contributed by atoms with Gasteiger partial charge in [-0.25, -0.2) is 0 Å². The number of halogens is 1. The Labute approximate surface area is 129 Å². The number of benzene rings is 2. The largest absolute Gasteiger partial charge is 0.504 e. The van der Waals surface area contributed by atoms with Crippen molar-refractivity contribution >= 4 is 27.3 Å². The van der Waals surface area contributed by atoms with Crippen LogP contribution in [0.2, 0.25) is 0 Å². The van der Waals surface area contributed by atoms with E-state index in [1.165, 1.54) is 13.2 Å². The van der Waals surface area contributed by atoms with Gasteiger partial charge in [0.15, 0.2) is 11.5 Å². The summed E-state index contributed by atoms with van der Waals surface area (Å²) in [7, 11) is 1.48. The number of hydrogen-bond acceptors (Lipinski definition) is 5. The molecule has 6 nitrogen and oxygen atoms in total. The van der Waals surface area contributed by atoms with Crippen LogP contribution in [0.25, 0.3) is 0 Å². The molecular formula is C14H13BrN2O4. The molecule has 21 heavy (non-hydrogen) atoms. The number of hydrogen-bond donors (Lipinski definition) is 2. The van der Waals surface area contributed by atoms with Gasteiger partial charge < -0.3 is 15.2 Å². The number of rotatable bonds is 5. The van der Waals surface area contributed by atoms with Crippen molar-refractivity contribution in [2.45, 2.75) is 6.54 Å². The fraction of sp³-hybridized carbons (Fsp3) is 0.143. The van der Waals surface area contributed by atoms with Crippen LogP contribution in [0.3, 0.4) is 0 Å². The Morgan fingerprint density at radius 3 is 2.81 bits per heavy atom. The highest BCUT2D eigenvalue weighted by Crippen LogP contribution is 2.31. The van der Waals surface area contributed by atoms with Crippen molar-refractivity contribution in [1.29, 1.82) is 0 Å². The molecule has 2 aromatic rings. The van der Waals surface area contributed by atoms with Crippen LogP contribution in [-0.4, -0.2) is 17.1 Å². The molecule has 2 aromatic carbocycles. The number of nitrogens with zero attached hydrogens (tertiary/aromatic N) is 1. The number of ether oxygens (including phenoxy) is 1. The molecule has 0 aliphatic rings. The molecule has 0 saturated heterocycles. The van der Waals surface area contributed by atoms with E-state index in [-0.39, 0.29) is 11.4 Å². The van der Waals surface area contributed by atoms with Crippen molar-refractivity contribution in [1.82, 2.24) is 0 Å². The van der Waals surface area contributed by atoms with Crippen molar-refractivity contribution < 1.29 is 14.8 Å². The van der Waals surface area contributed by atoms with Crippen molar-refractivity contribution in [2.75, 3.05) is 12.4 Å². The average molecular weight is 353 g/mol. The summed E-state index contributed by atoms with van der Waals surface area (Å²) in [6.07, 6.45) is 0. The highest BCUT2D eigenvalue weighted by Gasteiger charge is 2.13. The summed E-state index contributed by atoms with van der Waals surface area (Å²) in [5, 5.41) is 23.9. The number of phenols is 1. The van der Waals surface area contributed by atoms with Crippen LogP contribution in [0.1, 0.15) is 5.56 Å². The summed E-state index contributed by atoms with van der Waals surface area (Å²) in [5.74, 6) is 0.440. The molecule has 0 amide bonds.